The normalized spacial score (nSPS) is 15.2. The molecule has 0 radical (unpaired) electrons. The van der Waals surface area contributed by atoms with E-state index < -0.39 is 25.4 Å². The molecule has 2 aromatic rings. The molecule has 2 aromatic carbocycles. The Morgan fingerprint density at radius 1 is 0.971 bits per heavy atom. The minimum atomic E-state index is -0.980. The molecular weight excluding hydrogens is 444 g/mol. The maximum absolute atomic E-state index is 10.2. The predicted molar refractivity (Wildman–Crippen MR) is 127 cm³/mol. The molecule has 10 nitrogen and oxygen atoms in total. The summed E-state index contributed by atoms with van der Waals surface area (Å²) < 4.78 is 10.5. The number of benzene rings is 2. The molecule has 0 saturated heterocycles. The third-order valence-electron chi connectivity index (χ3n) is 5.59. The van der Waals surface area contributed by atoms with E-state index in [4.69, 9.17) is 14.3 Å². The fourth-order valence-electron chi connectivity index (χ4n) is 3.75. The van der Waals surface area contributed by atoms with Crippen LogP contribution in [0.25, 0.3) is 5.57 Å². The molecule has 34 heavy (non-hydrogen) atoms. The number of aromatic hydroxyl groups is 1. The number of phenolic OH excluding ortho intramolecular Hbond substituents is 1. The second kappa shape index (κ2) is 11.3. The lowest BCUT2D eigenvalue weighted by Gasteiger charge is -2.28. The highest BCUT2D eigenvalue weighted by Gasteiger charge is 2.26. The van der Waals surface area contributed by atoms with E-state index in [1.807, 2.05) is 31.2 Å². The quantitative estimate of drug-likeness (QED) is 0.321. The molecule has 5 N–H and O–H groups in total. The second-order valence-electron chi connectivity index (χ2n) is 7.99. The van der Waals surface area contributed by atoms with Crippen molar-refractivity contribution in [2.24, 2.45) is 0 Å². The average molecular weight is 477 g/mol. The Balaban J connectivity index is 1.80. The number of methoxy groups -OCH3 is 2. The first-order valence-electron chi connectivity index (χ1n) is 10.8. The second-order valence-corrected chi connectivity index (χ2v) is 7.99. The van der Waals surface area contributed by atoms with Gasteiger partial charge in [0.05, 0.1) is 51.9 Å². The zero-order valence-corrected chi connectivity index (χ0v) is 19.5. The summed E-state index contributed by atoms with van der Waals surface area (Å²) in [5.74, 6) is 1.16. The Morgan fingerprint density at radius 3 is 1.97 bits per heavy atom. The van der Waals surface area contributed by atoms with E-state index in [1.165, 1.54) is 14.2 Å². The third-order valence-corrected chi connectivity index (χ3v) is 5.59. The molecule has 0 aromatic heterocycles. The first-order valence-corrected chi connectivity index (χ1v) is 10.8. The fraction of sp³-hybridized carbons (Fsp3) is 0.417. The van der Waals surface area contributed by atoms with Crippen molar-refractivity contribution in [3.05, 3.63) is 47.7 Å². The number of hydrogen-bond donors (Lipinski definition) is 5. The summed E-state index contributed by atoms with van der Waals surface area (Å²) in [5, 5.41) is 50.0. The van der Waals surface area contributed by atoms with E-state index in [2.05, 4.69) is 0 Å². The fourth-order valence-corrected chi connectivity index (χ4v) is 3.75. The molecule has 0 fully saturated rings. The molecule has 0 bridgehead atoms. The summed E-state index contributed by atoms with van der Waals surface area (Å²) in [4.78, 5) is 7.66. The van der Waals surface area contributed by atoms with Crippen molar-refractivity contribution >= 4 is 16.9 Å². The number of aliphatic hydroxyl groups is 4. The van der Waals surface area contributed by atoms with Crippen molar-refractivity contribution in [2.75, 3.05) is 57.0 Å². The van der Waals surface area contributed by atoms with Crippen LogP contribution in [-0.4, -0.2) is 84.8 Å². The third kappa shape index (κ3) is 5.65. The van der Waals surface area contributed by atoms with Crippen LogP contribution in [0.5, 0.6) is 17.2 Å². The highest BCUT2D eigenvalue weighted by Crippen LogP contribution is 2.42. The smallest absolute Gasteiger partial charge is 0.200 e. The van der Waals surface area contributed by atoms with Crippen LogP contribution in [0.1, 0.15) is 12.5 Å². The van der Waals surface area contributed by atoms with Crippen molar-refractivity contribution in [2.45, 2.75) is 19.1 Å². The van der Waals surface area contributed by atoms with Gasteiger partial charge >= 0.3 is 0 Å². The molecule has 0 saturated carbocycles. The largest absolute Gasteiger partial charge is 0.502 e. The lowest BCUT2D eigenvalue weighted by Crippen LogP contribution is -2.40. The van der Waals surface area contributed by atoms with E-state index >= 15 is 0 Å². The van der Waals surface area contributed by atoms with Crippen LogP contribution in [0.3, 0.4) is 0 Å². The lowest BCUT2D eigenvalue weighted by atomic mass is 10.0. The average Bonchev–Trinajstić information content (AvgIpc) is 3.25. The Kier molecular flexibility index (Phi) is 8.46. The Labute approximate surface area is 198 Å². The first-order chi connectivity index (χ1) is 16.3. The van der Waals surface area contributed by atoms with Crippen LogP contribution in [0.4, 0.5) is 11.4 Å². The van der Waals surface area contributed by atoms with Crippen molar-refractivity contribution in [1.82, 2.24) is 0 Å². The summed E-state index contributed by atoms with van der Waals surface area (Å²) in [7, 11) is 2.92. The van der Waals surface area contributed by atoms with Crippen LogP contribution in [0.2, 0.25) is 0 Å². The van der Waals surface area contributed by atoms with Crippen LogP contribution in [0.15, 0.2) is 42.2 Å². The highest BCUT2D eigenvalue weighted by molar-refractivity contribution is 5.75. The molecule has 3 rings (SSSR count). The molecule has 2 unspecified atom stereocenters. The van der Waals surface area contributed by atoms with Crippen LogP contribution in [-0.2, 0) is 4.84 Å². The van der Waals surface area contributed by atoms with Gasteiger partial charge < -0.3 is 44.7 Å². The molecule has 10 heteroatoms. The van der Waals surface area contributed by atoms with Crippen molar-refractivity contribution in [1.29, 1.82) is 0 Å². The molecule has 1 heterocycles. The number of hydroxylamine groups is 1. The molecule has 1 aliphatic rings. The highest BCUT2D eigenvalue weighted by atomic mass is 16.7. The molecule has 186 valence electrons. The molecule has 1 aliphatic heterocycles. The number of ether oxygens (including phenoxy) is 2. The topological polar surface area (TPSA) is 135 Å². The van der Waals surface area contributed by atoms with E-state index in [0.717, 1.165) is 16.8 Å². The molecule has 2 atom stereocenters. The Bertz CT molecular complexity index is 958. The molecular formula is C24H32N2O8. The molecule has 0 aliphatic carbocycles. The van der Waals surface area contributed by atoms with Crippen LogP contribution >= 0.6 is 0 Å². The van der Waals surface area contributed by atoms with E-state index in [1.54, 1.807) is 22.1 Å². The van der Waals surface area contributed by atoms with Gasteiger partial charge in [-0.15, -0.1) is 0 Å². The van der Waals surface area contributed by atoms with E-state index in [9.17, 15) is 25.5 Å². The van der Waals surface area contributed by atoms with E-state index in [0.29, 0.717) is 18.0 Å². The molecule has 0 amide bonds. The number of phenols is 1. The summed E-state index contributed by atoms with van der Waals surface area (Å²) in [6.07, 6.45) is -1.96. The predicted octanol–water partition coefficient (Wildman–Crippen LogP) is 1.10. The number of aliphatic hydroxyl groups excluding tert-OH is 4. The van der Waals surface area contributed by atoms with Gasteiger partial charge in [0.15, 0.2) is 11.5 Å². The number of rotatable bonds is 11. The van der Waals surface area contributed by atoms with Gasteiger partial charge in [-0.1, -0.05) is 12.1 Å². The summed E-state index contributed by atoms with van der Waals surface area (Å²) in [6, 6.07) is 10.8. The summed E-state index contributed by atoms with van der Waals surface area (Å²) in [5.41, 5.74) is 3.26. The van der Waals surface area contributed by atoms with Gasteiger partial charge in [-0.05, 0) is 24.6 Å². The van der Waals surface area contributed by atoms with Gasteiger partial charge in [0.1, 0.15) is 5.76 Å². The van der Waals surface area contributed by atoms with Gasteiger partial charge in [-0.25, -0.2) is 5.06 Å². The maximum Gasteiger partial charge on any atom is 0.200 e. The van der Waals surface area contributed by atoms with Gasteiger partial charge in [0.2, 0.25) is 5.75 Å². The summed E-state index contributed by atoms with van der Waals surface area (Å²) in [6.45, 7) is 1.70. The Morgan fingerprint density at radius 2 is 1.50 bits per heavy atom. The van der Waals surface area contributed by atoms with Crippen molar-refractivity contribution in [3.8, 4) is 17.2 Å². The van der Waals surface area contributed by atoms with Gasteiger partial charge in [0, 0.05) is 36.5 Å². The van der Waals surface area contributed by atoms with Gasteiger partial charge in [-0.2, -0.15) is 0 Å². The van der Waals surface area contributed by atoms with E-state index in [-0.39, 0.29) is 30.3 Å². The van der Waals surface area contributed by atoms with Crippen molar-refractivity contribution < 1.29 is 39.8 Å². The summed E-state index contributed by atoms with van der Waals surface area (Å²) >= 11 is 0. The Hall–Kier alpha value is -3.18. The first kappa shape index (κ1) is 25.4. The minimum absolute atomic E-state index is 0.0874. The standard InChI is InChI=1S/C24H32N2O8/c1-15-21(12-26(34-15)18-8-22(32-2)24(31)23(9-18)33-3)16-4-6-17(7-5-16)25(10-19(29)13-27)11-20(30)14-28/h4-9,19-20,27-31H,10-14H2,1-3H3. The van der Waals surface area contributed by atoms with Crippen LogP contribution < -0.4 is 19.4 Å². The van der Waals surface area contributed by atoms with Crippen molar-refractivity contribution in [3.63, 3.8) is 0 Å². The minimum Gasteiger partial charge on any atom is -0.502 e. The number of allylic oxidation sites excluding steroid dienone is 1. The van der Waals surface area contributed by atoms with Gasteiger partial charge in [0.25, 0.3) is 0 Å². The number of hydrogen-bond acceptors (Lipinski definition) is 10. The van der Waals surface area contributed by atoms with Gasteiger partial charge in [-0.3, -0.25) is 0 Å². The number of nitrogens with zero attached hydrogens (tertiary/aromatic N) is 2. The SMILES string of the molecule is COc1cc(N2CC(c3ccc(N(CC(O)CO)CC(O)CO)cc3)=C(C)O2)cc(OC)c1O. The maximum atomic E-state index is 10.2. The zero-order chi connectivity index (χ0) is 24.8. The lowest BCUT2D eigenvalue weighted by molar-refractivity contribution is 0.0839. The number of anilines is 2. The zero-order valence-electron chi connectivity index (χ0n) is 19.5. The monoisotopic (exact) mass is 476 g/mol. The molecule has 0 spiro atoms. The van der Waals surface area contributed by atoms with Crippen LogP contribution in [0, 0.1) is 0 Å².